The van der Waals surface area contributed by atoms with Crippen LogP contribution in [0.5, 0.6) is 5.75 Å². The van der Waals surface area contributed by atoms with E-state index in [4.69, 9.17) is 9.84 Å². The van der Waals surface area contributed by atoms with Crippen LogP contribution in [0.4, 0.5) is 10.5 Å². The van der Waals surface area contributed by atoms with Crippen molar-refractivity contribution in [1.29, 1.82) is 0 Å². The van der Waals surface area contributed by atoms with Crippen molar-refractivity contribution in [3.63, 3.8) is 0 Å². The third-order valence-corrected chi connectivity index (χ3v) is 2.98. The van der Waals surface area contributed by atoms with E-state index in [1.807, 2.05) is 39.8 Å². The number of ether oxygens (including phenoxy) is 1. The number of aliphatic hydroxyl groups is 1. The number of aliphatic hydroxyl groups excluding tert-OH is 1. The Morgan fingerprint density at radius 2 is 1.80 bits per heavy atom. The second kappa shape index (κ2) is 7.75. The van der Waals surface area contributed by atoms with Crippen LogP contribution in [0.3, 0.4) is 0 Å². The molecule has 112 valence electrons. The number of hydrogen-bond acceptors (Lipinski definition) is 3. The molecule has 20 heavy (non-hydrogen) atoms. The standard InChI is InChI=1S/C15H24N2O3/c1-10(2)20-14-7-5-13(6-8-14)17-15(19)16-12(4)11(3)9-18/h5-8,10-12,18H,9H2,1-4H3,(H2,16,17,19). The summed E-state index contributed by atoms with van der Waals surface area (Å²) >= 11 is 0. The Morgan fingerprint density at radius 1 is 1.20 bits per heavy atom. The summed E-state index contributed by atoms with van der Waals surface area (Å²) in [5, 5.41) is 14.6. The van der Waals surface area contributed by atoms with Crippen LogP contribution in [0, 0.1) is 5.92 Å². The van der Waals surface area contributed by atoms with Crippen molar-refractivity contribution in [1.82, 2.24) is 5.32 Å². The normalized spacial score (nSPS) is 13.7. The number of urea groups is 1. The lowest BCUT2D eigenvalue weighted by Crippen LogP contribution is -2.40. The molecule has 2 unspecified atom stereocenters. The molecular formula is C15H24N2O3. The summed E-state index contributed by atoms with van der Waals surface area (Å²) in [5.74, 6) is 0.788. The van der Waals surface area contributed by atoms with Gasteiger partial charge in [-0.05, 0) is 51.0 Å². The summed E-state index contributed by atoms with van der Waals surface area (Å²) in [6, 6.07) is 6.83. The first-order valence-electron chi connectivity index (χ1n) is 6.87. The van der Waals surface area contributed by atoms with Gasteiger partial charge in [-0.1, -0.05) is 6.92 Å². The first-order chi connectivity index (χ1) is 9.42. The Morgan fingerprint density at radius 3 is 2.30 bits per heavy atom. The van der Waals surface area contributed by atoms with Gasteiger partial charge in [-0.3, -0.25) is 0 Å². The lowest BCUT2D eigenvalue weighted by Gasteiger charge is -2.19. The fourth-order valence-corrected chi connectivity index (χ4v) is 1.56. The number of amides is 2. The minimum absolute atomic E-state index is 0.0163. The summed E-state index contributed by atoms with van der Waals surface area (Å²) < 4.78 is 5.53. The van der Waals surface area contributed by atoms with Gasteiger partial charge in [-0.15, -0.1) is 0 Å². The van der Waals surface area contributed by atoms with Crippen LogP contribution >= 0.6 is 0 Å². The summed E-state index contributed by atoms with van der Waals surface area (Å²) in [6.07, 6.45) is 0.123. The zero-order valence-electron chi connectivity index (χ0n) is 12.5. The SMILES string of the molecule is CC(C)Oc1ccc(NC(=O)NC(C)C(C)CO)cc1. The number of hydrogen-bond donors (Lipinski definition) is 3. The lowest BCUT2D eigenvalue weighted by molar-refractivity contribution is 0.204. The Labute approximate surface area is 120 Å². The lowest BCUT2D eigenvalue weighted by atomic mass is 10.1. The number of carbonyl (C=O) groups is 1. The van der Waals surface area contributed by atoms with E-state index >= 15 is 0 Å². The molecular weight excluding hydrogens is 256 g/mol. The van der Waals surface area contributed by atoms with Crippen LogP contribution in [0.2, 0.25) is 0 Å². The summed E-state index contributed by atoms with van der Waals surface area (Å²) in [4.78, 5) is 11.8. The molecule has 0 saturated heterocycles. The molecule has 5 nitrogen and oxygen atoms in total. The number of benzene rings is 1. The van der Waals surface area contributed by atoms with Crippen molar-refractivity contribution in [3.05, 3.63) is 24.3 Å². The number of rotatable bonds is 6. The van der Waals surface area contributed by atoms with Crippen molar-refractivity contribution in [2.75, 3.05) is 11.9 Å². The van der Waals surface area contributed by atoms with Gasteiger partial charge < -0.3 is 20.5 Å². The second-order valence-electron chi connectivity index (χ2n) is 5.24. The molecule has 0 heterocycles. The molecule has 3 N–H and O–H groups in total. The minimum Gasteiger partial charge on any atom is -0.491 e. The molecule has 5 heteroatoms. The van der Waals surface area contributed by atoms with E-state index in [1.54, 1.807) is 12.1 Å². The molecule has 0 spiro atoms. The number of carbonyl (C=O) groups excluding carboxylic acids is 1. The maximum atomic E-state index is 11.8. The molecule has 2 amide bonds. The van der Waals surface area contributed by atoms with Gasteiger partial charge in [-0.25, -0.2) is 4.79 Å². The Hall–Kier alpha value is -1.75. The van der Waals surface area contributed by atoms with Crippen LogP contribution in [0.25, 0.3) is 0 Å². The van der Waals surface area contributed by atoms with E-state index in [0.717, 1.165) is 5.75 Å². The molecule has 0 saturated carbocycles. The highest BCUT2D eigenvalue weighted by Gasteiger charge is 2.13. The van der Waals surface area contributed by atoms with Gasteiger partial charge in [-0.2, -0.15) is 0 Å². The minimum atomic E-state index is -0.282. The topological polar surface area (TPSA) is 70.6 Å². The first-order valence-corrected chi connectivity index (χ1v) is 6.87. The van der Waals surface area contributed by atoms with E-state index in [1.165, 1.54) is 0 Å². The third-order valence-electron chi connectivity index (χ3n) is 2.98. The molecule has 0 aromatic heterocycles. The Kier molecular flexibility index (Phi) is 6.31. The van der Waals surface area contributed by atoms with Gasteiger partial charge in [0.1, 0.15) is 5.75 Å². The molecule has 0 aliphatic rings. The molecule has 0 radical (unpaired) electrons. The first kappa shape index (κ1) is 16.3. The fourth-order valence-electron chi connectivity index (χ4n) is 1.56. The van der Waals surface area contributed by atoms with E-state index in [2.05, 4.69) is 10.6 Å². The van der Waals surface area contributed by atoms with Gasteiger partial charge in [0.05, 0.1) is 6.10 Å². The zero-order valence-corrected chi connectivity index (χ0v) is 12.5. The Balaban J connectivity index is 2.50. The van der Waals surface area contributed by atoms with E-state index in [-0.39, 0.29) is 30.7 Å². The van der Waals surface area contributed by atoms with Crippen LogP contribution < -0.4 is 15.4 Å². The third kappa shape index (κ3) is 5.48. The van der Waals surface area contributed by atoms with Crippen molar-refractivity contribution in [2.45, 2.75) is 39.8 Å². The van der Waals surface area contributed by atoms with Gasteiger partial charge in [0.25, 0.3) is 0 Å². The Bertz CT molecular complexity index is 418. The summed E-state index contributed by atoms with van der Waals surface area (Å²) in [7, 11) is 0. The highest BCUT2D eigenvalue weighted by Crippen LogP contribution is 2.16. The van der Waals surface area contributed by atoms with Crippen LogP contribution in [0.15, 0.2) is 24.3 Å². The number of nitrogens with one attached hydrogen (secondary N) is 2. The van der Waals surface area contributed by atoms with Gasteiger partial charge in [0.2, 0.25) is 0 Å². The average Bonchev–Trinajstić information content (AvgIpc) is 2.39. The molecule has 0 aliphatic carbocycles. The average molecular weight is 280 g/mol. The smallest absolute Gasteiger partial charge is 0.319 e. The predicted molar refractivity (Wildman–Crippen MR) is 80.1 cm³/mol. The van der Waals surface area contributed by atoms with E-state index in [0.29, 0.717) is 5.69 Å². The van der Waals surface area contributed by atoms with Gasteiger partial charge in [0.15, 0.2) is 0 Å². The monoisotopic (exact) mass is 280 g/mol. The highest BCUT2D eigenvalue weighted by molar-refractivity contribution is 5.89. The molecule has 1 aromatic rings. The summed E-state index contributed by atoms with van der Waals surface area (Å²) in [6.45, 7) is 7.71. The summed E-state index contributed by atoms with van der Waals surface area (Å²) in [5.41, 5.74) is 0.697. The molecule has 0 fully saturated rings. The molecule has 0 bridgehead atoms. The predicted octanol–water partition coefficient (Wildman–Crippen LogP) is 2.61. The maximum absolute atomic E-state index is 11.8. The van der Waals surface area contributed by atoms with E-state index < -0.39 is 0 Å². The van der Waals surface area contributed by atoms with Gasteiger partial charge in [0, 0.05) is 18.3 Å². The molecule has 1 rings (SSSR count). The van der Waals surface area contributed by atoms with Crippen molar-refractivity contribution in [2.24, 2.45) is 5.92 Å². The van der Waals surface area contributed by atoms with Crippen LogP contribution in [-0.2, 0) is 0 Å². The highest BCUT2D eigenvalue weighted by atomic mass is 16.5. The van der Waals surface area contributed by atoms with Crippen molar-refractivity contribution in [3.8, 4) is 5.75 Å². The quantitative estimate of drug-likeness (QED) is 0.750. The molecule has 1 aromatic carbocycles. The van der Waals surface area contributed by atoms with Crippen molar-refractivity contribution < 1.29 is 14.6 Å². The van der Waals surface area contributed by atoms with Gasteiger partial charge >= 0.3 is 6.03 Å². The molecule has 0 aliphatic heterocycles. The largest absolute Gasteiger partial charge is 0.491 e. The van der Waals surface area contributed by atoms with E-state index in [9.17, 15) is 4.79 Å². The second-order valence-corrected chi connectivity index (χ2v) is 5.24. The van der Waals surface area contributed by atoms with Crippen molar-refractivity contribution >= 4 is 11.7 Å². The number of anilines is 1. The fraction of sp³-hybridized carbons (Fsp3) is 0.533. The zero-order chi connectivity index (χ0) is 15.1. The van der Waals surface area contributed by atoms with Crippen LogP contribution in [-0.4, -0.2) is 29.9 Å². The maximum Gasteiger partial charge on any atom is 0.319 e. The van der Waals surface area contributed by atoms with Crippen LogP contribution in [0.1, 0.15) is 27.7 Å². The molecule has 2 atom stereocenters.